The van der Waals surface area contributed by atoms with Crippen LogP contribution in [0.5, 0.6) is 11.5 Å². The second kappa shape index (κ2) is 7.08. The smallest absolute Gasteiger partial charge is 0.341 e. The zero-order valence-corrected chi connectivity index (χ0v) is 16.2. The summed E-state index contributed by atoms with van der Waals surface area (Å²) in [5.74, 6) is 1.31. The number of phenolic OH excluding ortho intramolecular Hbond substituents is 2. The average Bonchev–Trinajstić information content (AvgIpc) is 3.01. The number of hydrogen-bond acceptors (Lipinski definition) is 6. The number of hydrogen-bond donors (Lipinski definition) is 2. The highest BCUT2D eigenvalue weighted by atomic mass is 16.4. The minimum Gasteiger partial charge on any atom is -0.504 e. The molecule has 6 rings (SSSR count). The summed E-state index contributed by atoms with van der Waals surface area (Å²) in [6.45, 7) is 5.99. The first kappa shape index (κ1) is 18.0. The van der Waals surface area contributed by atoms with Crippen molar-refractivity contribution in [2.45, 2.75) is 38.6 Å². The van der Waals surface area contributed by atoms with Crippen molar-refractivity contribution in [3.05, 3.63) is 33.7 Å². The van der Waals surface area contributed by atoms with Gasteiger partial charge in [0.15, 0.2) is 11.5 Å². The van der Waals surface area contributed by atoms with Crippen molar-refractivity contribution < 1.29 is 14.6 Å². The first-order valence-corrected chi connectivity index (χ1v) is 10.5. The van der Waals surface area contributed by atoms with E-state index in [1.807, 2.05) is 0 Å². The molecule has 6 heteroatoms. The van der Waals surface area contributed by atoms with Crippen molar-refractivity contribution in [1.82, 2.24) is 9.80 Å². The van der Waals surface area contributed by atoms with Gasteiger partial charge in [0.2, 0.25) is 0 Å². The molecule has 150 valence electrons. The molecule has 28 heavy (non-hydrogen) atoms. The summed E-state index contributed by atoms with van der Waals surface area (Å²) < 4.78 is 5.43. The Hall–Kier alpha value is -2.05. The van der Waals surface area contributed by atoms with Crippen molar-refractivity contribution in [3.63, 3.8) is 0 Å². The third kappa shape index (κ3) is 3.29. The van der Waals surface area contributed by atoms with Crippen LogP contribution in [0.4, 0.5) is 0 Å². The Kier molecular flexibility index (Phi) is 4.56. The Balaban J connectivity index is 1.32. The van der Waals surface area contributed by atoms with Crippen LogP contribution in [0.2, 0.25) is 0 Å². The lowest BCUT2D eigenvalue weighted by Crippen LogP contribution is -2.40. The zero-order chi connectivity index (χ0) is 19.3. The summed E-state index contributed by atoms with van der Waals surface area (Å²) in [7, 11) is 0. The van der Waals surface area contributed by atoms with E-state index in [2.05, 4.69) is 9.80 Å². The monoisotopic (exact) mass is 384 g/mol. The Bertz CT molecular complexity index is 932. The zero-order valence-electron chi connectivity index (χ0n) is 16.2. The van der Waals surface area contributed by atoms with Crippen LogP contribution in [-0.2, 0) is 13.0 Å². The molecular weight excluding hydrogens is 356 g/mol. The molecule has 2 bridgehead atoms. The van der Waals surface area contributed by atoms with E-state index in [0.717, 1.165) is 48.8 Å². The Labute approximate surface area is 164 Å². The summed E-state index contributed by atoms with van der Waals surface area (Å²) in [6.07, 6.45) is 6.35. The molecule has 1 aromatic carbocycles. The lowest BCUT2D eigenvalue weighted by Gasteiger charge is -2.31. The summed E-state index contributed by atoms with van der Waals surface area (Å²) in [5.41, 5.74) is 1.66. The van der Waals surface area contributed by atoms with E-state index < -0.39 is 0 Å². The van der Waals surface area contributed by atoms with Gasteiger partial charge in [-0.2, -0.15) is 0 Å². The van der Waals surface area contributed by atoms with Gasteiger partial charge < -0.3 is 19.5 Å². The van der Waals surface area contributed by atoms with E-state index in [9.17, 15) is 15.0 Å². The normalized spacial score (nSPS) is 25.7. The fraction of sp³-hybridized carbons (Fsp3) is 0.591. The highest BCUT2D eigenvalue weighted by Crippen LogP contribution is 2.35. The average molecular weight is 384 g/mol. The molecule has 0 atom stereocenters. The lowest BCUT2D eigenvalue weighted by atomic mass is 9.84. The molecule has 0 amide bonds. The van der Waals surface area contributed by atoms with Crippen molar-refractivity contribution in [3.8, 4) is 11.5 Å². The van der Waals surface area contributed by atoms with Gasteiger partial charge in [0.05, 0.1) is 5.56 Å². The van der Waals surface area contributed by atoms with Crippen molar-refractivity contribution in [1.29, 1.82) is 0 Å². The maximum atomic E-state index is 12.5. The van der Waals surface area contributed by atoms with Gasteiger partial charge in [-0.1, -0.05) is 0 Å². The molecule has 2 N–H and O–H groups in total. The molecule has 4 heterocycles. The first-order chi connectivity index (χ1) is 13.6. The highest BCUT2D eigenvalue weighted by Gasteiger charge is 2.30. The van der Waals surface area contributed by atoms with E-state index in [-0.39, 0.29) is 17.1 Å². The van der Waals surface area contributed by atoms with Crippen LogP contribution in [-0.4, -0.2) is 52.7 Å². The van der Waals surface area contributed by atoms with Crippen LogP contribution in [0.15, 0.2) is 21.3 Å². The Morgan fingerprint density at radius 1 is 0.929 bits per heavy atom. The van der Waals surface area contributed by atoms with Crippen LogP contribution in [0.1, 0.15) is 36.8 Å². The first-order valence-electron chi connectivity index (χ1n) is 10.5. The summed E-state index contributed by atoms with van der Waals surface area (Å²) in [6, 6.07) is 2.83. The van der Waals surface area contributed by atoms with Gasteiger partial charge >= 0.3 is 5.63 Å². The predicted octanol–water partition coefficient (Wildman–Crippen LogP) is 2.68. The van der Waals surface area contributed by atoms with Gasteiger partial charge in [-0.15, -0.1) is 0 Å². The molecule has 0 spiro atoms. The minimum absolute atomic E-state index is 0.179. The number of nitrogens with zero attached hydrogens (tertiary/aromatic N) is 2. The second-order valence-electron chi connectivity index (χ2n) is 8.86. The maximum Gasteiger partial charge on any atom is 0.341 e. The number of phenols is 2. The molecule has 1 saturated carbocycles. The van der Waals surface area contributed by atoms with Gasteiger partial charge in [0.1, 0.15) is 5.58 Å². The molecule has 1 aromatic heterocycles. The Morgan fingerprint density at radius 2 is 1.57 bits per heavy atom. The molecule has 4 aliphatic rings. The van der Waals surface area contributed by atoms with Gasteiger partial charge in [0, 0.05) is 50.7 Å². The fourth-order valence-electron chi connectivity index (χ4n) is 5.40. The largest absolute Gasteiger partial charge is 0.504 e. The molecule has 0 radical (unpaired) electrons. The number of benzene rings is 1. The molecule has 6 nitrogen and oxygen atoms in total. The Morgan fingerprint density at radius 3 is 2.29 bits per heavy atom. The molecular formula is C22H28N2O4. The van der Waals surface area contributed by atoms with E-state index in [1.165, 1.54) is 50.9 Å². The molecule has 3 aliphatic heterocycles. The predicted molar refractivity (Wildman–Crippen MR) is 107 cm³/mol. The quantitative estimate of drug-likeness (QED) is 0.626. The third-order valence-electron chi connectivity index (χ3n) is 7.01. The number of aromatic hydroxyl groups is 2. The molecule has 0 unspecified atom stereocenters. The van der Waals surface area contributed by atoms with Gasteiger partial charge in [-0.05, 0) is 55.6 Å². The topological polar surface area (TPSA) is 77.1 Å². The third-order valence-corrected chi connectivity index (χ3v) is 7.01. The van der Waals surface area contributed by atoms with Gasteiger partial charge in [-0.3, -0.25) is 4.90 Å². The van der Waals surface area contributed by atoms with Crippen molar-refractivity contribution in [2.24, 2.45) is 11.8 Å². The molecule has 2 aromatic rings. The van der Waals surface area contributed by atoms with Crippen LogP contribution in [0, 0.1) is 11.8 Å². The summed E-state index contributed by atoms with van der Waals surface area (Å²) in [4.78, 5) is 17.5. The molecule has 1 aliphatic carbocycles. The van der Waals surface area contributed by atoms with E-state index in [4.69, 9.17) is 4.42 Å². The van der Waals surface area contributed by atoms with Crippen LogP contribution < -0.4 is 5.63 Å². The van der Waals surface area contributed by atoms with E-state index >= 15 is 0 Å². The SMILES string of the molecule is O=c1oc2cc(O)c(O)cc2c2c1CN(CCN1CC3CCC(CC3)C1)CC2. The van der Waals surface area contributed by atoms with Crippen LogP contribution >= 0.6 is 0 Å². The lowest BCUT2D eigenvalue weighted by molar-refractivity contribution is 0.182. The summed E-state index contributed by atoms with van der Waals surface area (Å²) in [5, 5.41) is 20.3. The second-order valence-corrected chi connectivity index (χ2v) is 8.86. The summed E-state index contributed by atoms with van der Waals surface area (Å²) >= 11 is 0. The highest BCUT2D eigenvalue weighted by molar-refractivity contribution is 5.84. The molecule has 2 saturated heterocycles. The van der Waals surface area contributed by atoms with Gasteiger partial charge in [-0.25, -0.2) is 4.79 Å². The molecule has 3 fully saturated rings. The van der Waals surface area contributed by atoms with Crippen LogP contribution in [0.3, 0.4) is 0 Å². The van der Waals surface area contributed by atoms with Crippen molar-refractivity contribution in [2.75, 3.05) is 32.7 Å². The van der Waals surface area contributed by atoms with Gasteiger partial charge in [0.25, 0.3) is 0 Å². The van der Waals surface area contributed by atoms with E-state index in [1.54, 1.807) is 0 Å². The fourth-order valence-corrected chi connectivity index (χ4v) is 5.40. The van der Waals surface area contributed by atoms with Crippen molar-refractivity contribution >= 4 is 11.0 Å². The standard InChI is InChI=1S/C22H28N2O4/c25-19-9-17-16-5-6-23(13-18(16)22(27)28-21(17)10-20(19)26)7-8-24-11-14-1-2-15(12-24)4-3-14/h9-10,14-15,25-26H,1-8,11-13H2. The maximum absolute atomic E-state index is 12.5. The van der Waals surface area contributed by atoms with Crippen LogP contribution in [0.25, 0.3) is 11.0 Å². The van der Waals surface area contributed by atoms with E-state index in [0.29, 0.717) is 17.7 Å². The minimum atomic E-state index is -0.329. The number of fused-ring (bicyclic) bond motifs is 7. The number of rotatable bonds is 3.